The molecule has 1 amide bonds. The molecule has 8 heteroatoms. The minimum Gasteiger partial charge on any atom is -0.450 e. The van der Waals surface area contributed by atoms with Gasteiger partial charge in [-0.25, -0.2) is 4.79 Å². The van der Waals surface area contributed by atoms with Crippen LogP contribution in [0.15, 0.2) is 11.0 Å². The van der Waals surface area contributed by atoms with Crippen molar-refractivity contribution in [3.63, 3.8) is 0 Å². The number of H-pyrrole nitrogens is 2. The van der Waals surface area contributed by atoms with Gasteiger partial charge in [0.25, 0.3) is 5.56 Å². The average molecular weight is 272 g/mol. The second kappa shape index (κ2) is 7.49. The Bertz CT molecular complexity index is 454. The Labute approximate surface area is 109 Å². The van der Waals surface area contributed by atoms with Gasteiger partial charge in [-0.1, -0.05) is 0 Å². The topological polar surface area (TPSA) is 99.0 Å². The van der Waals surface area contributed by atoms with Gasteiger partial charge in [-0.15, -0.1) is 0 Å². The maximum absolute atomic E-state index is 11.2. The lowest BCUT2D eigenvalue weighted by Gasteiger charge is -2.08. The van der Waals surface area contributed by atoms with Crippen molar-refractivity contribution in [3.8, 4) is 0 Å². The third-order valence-electron chi connectivity index (χ3n) is 2.12. The van der Waals surface area contributed by atoms with E-state index < -0.39 is 6.09 Å². The molecule has 100 valence electrons. The summed E-state index contributed by atoms with van der Waals surface area (Å²) < 4.78 is 4.67. The summed E-state index contributed by atoms with van der Waals surface area (Å²) in [5.41, 5.74) is 0.586. The highest BCUT2D eigenvalue weighted by Crippen LogP contribution is 1.92. The monoisotopic (exact) mass is 272 g/mol. The minimum absolute atomic E-state index is 0.109. The first-order valence-corrected chi connectivity index (χ1v) is 6.00. The van der Waals surface area contributed by atoms with Crippen molar-refractivity contribution in [2.45, 2.75) is 19.8 Å². The maximum atomic E-state index is 11.2. The Morgan fingerprint density at radius 3 is 2.94 bits per heavy atom. The zero-order chi connectivity index (χ0) is 13.4. The van der Waals surface area contributed by atoms with Crippen LogP contribution in [0.1, 0.15) is 18.9 Å². The molecular weight excluding hydrogens is 256 g/mol. The van der Waals surface area contributed by atoms with Crippen LogP contribution in [-0.4, -0.2) is 34.6 Å². The highest BCUT2D eigenvalue weighted by Gasteiger charge is 2.04. The molecule has 4 N–H and O–H groups in total. The first-order valence-electron chi connectivity index (χ1n) is 5.60. The Hall–Kier alpha value is -1.83. The molecule has 0 aromatic carbocycles. The summed E-state index contributed by atoms with van der Waals surface area (Å²) in [7, 11) is 0. The lowest BCUT2D eigenvalue weighted by Crippen LogP contribution is -2.40. The molecule has 1 heterocycles. The van der Waals surface area contributed by atoms with Crippen LogP contribution in [0.2, 0.25) is 0 Å². The lowest BCUT2D eigenvalue weighted by atomic mass is 10.2. The Morgan fingerprint density at radius 1 is 1.56 bits per heavy atom. The summed E-state index contributed by atoms with van der Waals surface area (Å²) in [6.07, 6.45) is 2.42. The zero-order valence-corrected chi connectivity index (χ0v) is 10.9. The minimum atomic E-state index is -0.572. The number of alkyl carbamates (subject to hydrolysis) is 1. The molecule has 0 atom stereocenters. The van der Waals surface area contributed by atoms with E-state index in [1.165, 1.54) is 0 Å². The summed E-state index contributed by atoms with van der Waals surface area (Å²) in [6.45, 7) is 2.57. The van der Waals surface area contributed by atoms with Crippen LogP contribution in [0.25, 0.3) is 0 Å². The molecule has 0 radical (unpaired) electrons. The molecule has 0 aliphatic carbocycles. The van der Waals surface area contributed by atoms with E-state index in [-0.39, 0.29) is 10.7 Å². The number of hydrogen-bond donors (Lipinski definition) is 4. The molecule has 0 saturated heterocycles. The Kier molecular flexibility index (Phi) is 5.92. The quantitative estimate of drug-likeness (QED) is 0.455. The van der Waals surface area contributed by atoms with Crippen LogP contribution >= 0.6 is 12.2 Å². The molecular formula is C10H16N4O3S. The number of thiocarbonyl (C=S) groups is 1. The van der Waals surface area contributed by atoms with Gasteiger partial charge in [-0.3, -0.25) is 15.2 Å². The number of aryl methyl sites for hydroxylation is 1. The number of carbonyl (C=O) groups is 1. The number of ether oxygens (including phenoxy) is 1. The second-order valence-electron chi connectivity index (χ2n) is 3.47. The molecule has 1 aromatic rings. The van der Waals surface area contributed by atoms with Crippen LogP contribution in [0.3, 0.4) is 0 Å². The van der Waals surface area contributed by atoms with Crippen LogP contribution in [0, 0.1) is 0 Å². The number of carbonyl (C=O) groups excluding carboxylic acids is 1. The SMILES string of the molecule is CCOC(=O)NC(=S)NCCCc1c[nH][nH]c1=O. The van der Waals surface area contributed by atoms with E-state index in [0.717, 1.165) is 6.42 Å². The first kappa shape index (κ1) is 14.2. The van der Waals surface area contributed by atoms with E-state index in [1.54, 1.807) is 13.1 Å². The van der Waals surface area contributed by atoms with Crippen molar-refractivity contribution < 1.29 is 9.53 Å². The van der Waals surface area contributed by atoms with Crippen molar-refractivity contribution in [2.75, 3.05) is 13.2 Å². The van der Waals surface area contributed by atoms with Crippen molar-refractivity contribution in [2.24, 2.45) is 0 Å². The van der Waals surface area contributed by atoms with Gasteiger partial charge in [-0.05, 0) is 32.0 Å². The first-order chi connectivity index (χ1) is 8.63. The highest BCUT2D eigenvalue weighted by atomic mass is 32.1. The van der Waals surface area contributed by atoms with Crippen LogP contribution in [-0.2, 0) is 11.2 Å². The number of amides is 1. The molecule has 0 spiro atoms. The lowest BCUT2D eigenvalue weighted by molar-refractivity contribution is 0.157. The van der Waals surface area contributed by atoms with Crippen molar-refractivity contribution in [1.82, 2.24) is 20.8 Å². The number of nitrogens with one attached hydrogen (secondary N) is 4. The Morgan fingerprint density at radius 2 is 2.33 bits per heavy atom. The standard InChI is InChI=1S/C10H16N4O3S/c1-2-17-10(16)13-9(18)11-5-3-4-7-6-12-14-8(7)15/h6H,2-5H2,1H3,(H2,12,14,15)(H2,11,13,16,18). The van der Waals surface area contributed by atoms with Crippen LogP contribution in [0.4, 0.5) is 4.79 Å². The normalized spacial score (nSPS) is 9.83. The molecule has 0 aliphatic heterocycles. The van der Waals surface area contributed by atoms with Gasteiger partial charge in [-0.2, -0.15) is 0 Å². The zero-order valence-electron chi connectivity index (χ0n) is 10.0. The number of rotatable bonds is 5. The molecule has 0 bridgehead atoms. The molecule has 0 aliphatic rings. The third-order valence-corrected chi connectivity index (χ3v) is 2.37. The molecule has 0 saturated carbocycles. The molecule has 0 fully saturated rings. The van der Waals surface area contributed by atoms with Gasteiger partial charge < -0.3 is 15.2 Å². The summed E-state index contributed by atoms with van der Waals surface area (Å²) >= 11 is 4.89. The van der Waals surface area contributed by atoms with E-state index in [1.807, 2.05) is 0 Å². The molecule has 1 aromatic heterocycles. The molecule has 1 rings (SSSR count). The molecule has 18 heavy (non-hydrogen) atoms. The number of aromatic amines is 2. The average Bonchev–Trinajstić information content (AvgIpc) is 2.71. The predicted molar refractivity (Wildman–Crippen MR) is 70.5 cm³/mol. The fourth-order valence-corrected chi connectivity index (χ4v) is 1.49. The molecule has 7 nitrogen and oxygen atoms in total. The smallest absolute Gasteiger partial charge is 0.413 e. The summed E-state index contributed by atoms with van der Waals surface area (Å²) in [6, 6.07) is 0. The number of hydrogen-bond acceptors (Lipinski definition) is 4. The summed E-state index contributed by atoms with van der Waals surface area (Å²) in [5, 5.41) is 10.5. The maximum Gasteiger partial charge on any atom is 0.413 e. The second-order valence-corrected chi connectivity index (χ2v) is 3.88. The van der Waals surface area contributed by atoms with Crippen molar-refractivity contribution >= 4 is 23.4 Å². The Balaban J connectivity index is 2.14. The number of aromatic nitrogens is 2. The fraction of sp³-hybridized carbons (Fsp3) is 0.500. The van der Waals surface area contributed by atoms with Gasteiger partial charge in [0, 0.05) is 18.3 Å². The van der Waals surface area contributed by atoms with Crippen LogP contribution < -0.4 is 16.2 Å². The highest BCUT2D eigenvalue weighted by molar-refractivity contribution is 7.80. The molecule has 0 unspecified atom stereocenters. The van der Waals surface area contributed by atoms with E-state index in [9.17, 15) is 9.59 Å². The third kappa shape index (κ3) is 5.00. The van der Waals surface area contributed by atoms with Gasteiger partial charge >= 0.3 is 6.09 Å². The van der Waals surface area contributed by atoms with E-state index in [4.69, 9.17) is 12.2 Å². The van der Waals surface area contributed by atoms with E-state index >= 15 is 0 Å². The summed E-state index contributed by atoms with van der Waals surface area (Å²) in [5.74, 6) is 0. The fourth-order valence-electron chi connectivity index (χ4n) is 1.31. The van der Waals surface area contributed by atoms with Crippen LogP contribution in [0.5, 0.6) is 0 Å². The van der Waals surface area contributed by atoms with Crippen molar-refractivity contribution in [1.29, 1.82) is 0 Å². The van der Waals surface area contributed by atoms with Gasteiger partial charge in [0.2, 0.25) is 0 Å². The largest absolute Gasteiger partial charge is 0.450 e. The van der Waals surface area contributed by atoms with E-state index in [0.29, 0.717) is 25.1 Å². The van der Waals surface area contributed by atoms with Crippen molar-refractivity contribution in [3.05, 3.63) is 22.1 Å². The van der Waals surface area contributed by atoms with Gasteiger partial charge in [0.1, 0.15) is 0 Å². The van der Waals surface area contributed by atoms with E-state index in [2.05, 4.69) is 25.6 Å². The predicted octanol–water partition coefficient (Wildman–Crippen LogP) is 0.256. The summed E-state index contributed by atoms with van der Waals surface area (Å²) in [4.78, 5) is 22.2. The van der Waals surface area contributed by atoms with Gasteiger partial charge in [0.15, 0.2) is 5.11 Å². The van der Waals surface area contributed by atoms with Gasteiger partial charge in [0.05, 0.1) is 6.61 Å².